The maximum absolute atomic E-state index is 12.2. The fraction of sp³-hybridized carbons (Fsp3) is 0.176. The van der Waals surface area contributed by atoms with Gasteiger partial charge in [-0.05, 0) is 37.3 Å². The molecule has 0 fully saturated rings. The number of hydrogen-bond donors (Lipinski definition) is 1. The third-order valence-corrected chi connectivity index (χ3v) is 3.23. The van der Waals surface area contributed by atoms with Crippen LogP contribution in [0.5, 0.6) is 5.75 Å². The molecule has 2 aromatic rings. The molecule has 1 amide bonds. The summed E-state index contributed by atoms with van der Waals surface area (Å²) in [6, 6.07) is 16.0. The predicted octanol–water partition coefficient (Wildman–Crippen LogP) is 3.06. The number of benzene rings is 2. The molecular formula is C17H16N2O2. The summed E-state index contributed by atoms with van der Waals surface area (Å²) >= 11 is 0. The maximum atomic E-state index is 12.2. The number of amides is 1. The normalized spacial score (nSPS) is 11.3. The summed E-state index contributed by atoms with van der Waals surface area (Å²) in [4.78, 5) is 12.2. The molecule has 0 bridgehead atoms. The average molecular weight is 280 g/mol. The van der Waals surface area contributed by atoms with Crippen molar-refractivity contribution < 1.29 is 9.53 Å². The first-order valence-corrected chi connectivity index (χ1v) is 6.59. The van der Waals surface area contributed by atoms with E-state index in [1.165, 1.54) is 0 Å². The van der Waals surface area contributed by atoms with E-state index in [9.17, 15) is 4.79 Å². The second kappa shape index (κ2) is 6.58. The van der Waals surface area contributed by atoms with Crippen LogP contribution >= 0.6 is 0 Å². The zero-order valence-electron chi connectivity index (χ0n) is 12.0. The van der Waals surface area contributed by atoms with E-state index in [2.05, 4.69) is 5.32 Å². The fourth-order valence-corrected chi connectivity index (χ4v) is 2.08. The predicted molar refractivity (Wildman–Crippen MR) is 80.0 cm³/mol. The minimum Gasteiger partial charge on any atom is -0.496 e. The Bertz CT molecular complexity index is 672. The summed E-state index contributed by atoms with van der Waals surface area (Å²) in [7, 11) is 1.61. The van der Waals surface area contributed by atoms with Gasteiger partial charge < -0.3 is 10.1 Å². The van der Waals surface area contributed by atoms with Gasteiger partial charge in [-0.25, -0.2) is 0 Å². The van der Waals surface area contributed by atoms with Crippen LogP contribution < -0.4 is 10.1 Å². The van der Waals surface area contributed by atoms with Crippen molar-refractivity contribution in [3.8, 4) is 11.8 Å². The summed E-state index contributed by atoms with van der Waals surface area (Å²) in [6.45, 7) is 1.90. The van der Waals surface area contributed by atoms with Crippen LogP contribution in [0.15, 0.2) is 48.5 Å². The first-order valence-electron chi connectivity index (χ1n) is 6.59. The average Bonchev–Trinajstić information content (AvgIpc) is 2.54. The van der Waals surface area contributed by atoms with Crippen molar-refractivity contribution in [2.45, 2.75) is 13.0 Å². The van der Waals surface area contributed by atoms with Gasteiger partial charge >= 0.3 is 0 Å². The summed E-state index contributed by atoms with van der Waals surface area (Å²) in [5, 5.41) is 11.7. The zero-order chi connectivity index (χ0) is 15.2. The van der Waals surface area contributed by atoms with Gasteiger partial charge in [-0.15, -0.1) is 0 Å². The van der Waals surface area contributed by atoms with Gasteiger partial charge in [0.1, 0.15) is 5.75 Å². The summed E-state index contributed by atoms with van der Waals surface area (Å²) < 4.78 is 5.30. The number of nitriles is 1. The van der Waals surface area contributed by atoms with Gasteiger partial charge in [0.2, 0.25) is 0 Å². The van der Waals surface area contributed by atoms with Crippen molar-refractivity contribution in [1.29, 1.82) is 5.26 Å². The highest BCUT2D eigenvalue weighted by molar-refractivity contribution is 5.94. The Kier molecular flexibility index (Phi) is 4.57. The summed E-state index contributed by atoms with van der Waals surface area (Å²) in [6.07, 6.45) is 0. The maximum Gasteiger partial charge on any atom is 0.251 e. The molecule has 1 atom stereocenters. The Labute approximate surface area is 124 Å². The number of carbonyl (C=O) groups is 1. The topological polar surface area (TPSA) is 62.1 Å². The van der Waals surface area contributed by atoms with Gasteiger partial charge in [0.05, 0.1) is 24.8 Å². The molecule has 2 rings (SSSR count). The monoisotopic (exact) mass is 280 g/mol. The zero-order valence-corrected chi connectivity index (χ0v) is 12.0. The molecule has 4 nitrogen and oxygen atoms in total. The molecule has 106 valence electrons. The highest BCUT2D eigenvalue weighted by atomic mass is 16.5. The molecular weight excluding hydrogens is 264 g/mol. The standard InChI is InChI=1S/C17H16N2O2/c1-12(15-5-3-4-6-16(15)21-2)19-17(20)14-9-7-13(11-18)8-10-14/h3-10,12H,1-2H3,(H,19,20)/t12-/m1/s1. The van der Waals surface area contributed by atoms with Gasteiger partial charge in [0.15, 0.2) is 0 Å². The van der Waals surface area contributed by atoms with Crippen molar-refractivity contribution in [1.82, 2.24) is 5.32 Å². The van der Waals surface area contributed by atoms with Crippen LogP contribution in [0.2, 0.25) is 0 Å². The highest BCUT2D eigenvalue weighted by Crippen LogP contribution is 2.24. The van der Waals surface area contributed by atoms with E-state index in [1.54, 1.807) is 31.4 Å². The molecule has 0 aromatic heterocycles. The van der Waals surface area contributed by atoms with Crippen LogP contribution in [-0.2, 0) is 0 Å². The van der Waals surface area contributed by atoms with Gasteiger partial charge in [-0.3, -0.25) is 4.79 Å². The minimum absolute atomic E-state index is 0.177. The van der Waals surface area contributed by atoms with E-state index in [1.807, 2.05) is 37.3 Å². The molecule has 0 aliphatic heterocycles. The molecule has 0 saturated heterocycles. The summed E-state index contributed by atoms with van der Waals surface area (Å²) in [5.74, 6) is 0.558. The Morgan fingerprint density at radius 3 is 2.48 bits per heavy atom. The number of nitrogens with one attached hydrogen (secondary N) is 1. The molecule has 0 spiro atoms. The van der Waals surface area contributed by atoms with Gasteiger partial charge in [-0.2, -0.15) is 5.26 Å². The number of ether oxygens (including phenoxy) is 1. The number of carbonyl (C=O) groups excluding carboxylic acids is 1. The lowest BCUT2D eigenvalue weighted by molar-refractivity contribution is 0.0939. The Morgan fingerprint density at radius 2 is 1.86 bits per heavy atom. The molecule has 2 aromatic carbocycles. The SMILES string of the molecule is COc1ccccc1[C@@H](C)NC(=O)c1ccc(C#N)cc1. The largest absolute Gasteiger partial charge is 0.496 e. The molecule has 0 radical (unpaired) electrons. The van der Waals surface area contributed by atoms with Crippen molar-refractivity contribution in [3.05, 3.63) is 65.2 Å². The van der Waals surface area contributed by atoms with Crippen LogP contribution in [0.1, 0.15) is 34.5 Å². The Morgan fingerprint density at radius 1 is 1.19 bits per heavy atom. The van der Waals surface area contributed by atoms with E-state index < -0.39 is 0 Å². The highest BCUT2D eigenvalue weighted by Gasteiger charge is 2.14. The quantitative estimate of drug-likeness (QED) is 0.936. The summed E-state index contributed by atoms with van der Waals surface area (Å²) in [5.41, 5.74) is 1.97. The molecule has 4 heteroatoms. The van der Waals surface area contributed by atoms with Gasteiger partial charge in [0.25, 0.3) is 5.91 Å². The van der Waals surface area contributed by atoms with E-state index >= 15 is 0 Å². The molecule has 0 aliphatic carbocycles. The Hall–Kier alpha value is -2.80. The van der Waals surface area contributed by atoms with Crippen LogP contribution in [0.25, 0.3) is 0 Å². The molecule has 0 unspecified atom stereocenters. The molecule has 0 aliphatic rings. The van der Waals surface area contributed by atoms with Crippen LogP contribution in [-0.4, -0.2) is 13.0 Å². The number of rotatable bonds is 4. The number of methoxy groups -OCH3 is 1. The van der Waals surface area contributed by atoms with Crippen molar-refractivity contribution in [3.63, 3.8) is 0 Å². The van der Waals surface area contributed by atoms with Crippen LogP contribution in [0.4, 0.5) is 0 Å². The third-order valence-electron chi connectivity index (χ3n) is 3.23. The van der Waals surface area contributed by atoms with Gasteiger partial charge in [-0.1, -0.05) is 18.2 Å². The minimum atomic E-state index is -0.183. The number of para-hydroxylation sites is 1. The first-order chi connectivity index (χ1) is 10.2. The fourth-order valence-electron chi connectivity index (χ4n) is 2.08. The smallest absolute Gasteiger partial charge is 0.251 e. The second-order valence-electron chi connectivity index (χ2n) is 4.63. The van der Waals surface area contributed by atoms with E-state index in [-0.39, 0.29) is 11.9 Å². The Balaban J connectivity index is 2.13. The number of nitrogens with zero attached hydrogens (tertiary/aromatic N) is 1. The second-order valence-corrected chi connectivity index (χ2v) is 4.63. The number of hydrogen-bond acceptors (Lipinski definition) is 3. The lowest BCUT2D eigenvalue weighted by Gasteiger charge is -2.17. The van der Waals surface area contributed by atoms with E-state index in [0.29, 0.717) is 11.1 Å². The van der Waals surface area contributed by atoms with E-state index in [4.69, 9.17) is 10.00 Å². The van der Waals surface area contributed by atoms with Gasteiger partial charge in [0, 0.05) is 11.1 Å². The van der Waals surface area contributed by atoms with Crippen LogP contribution in [0.3, 0.4) is 0 Å². The lowest BCUT2D eigenvalue weighted by Crippen LogP contribution is -2.26. The van der Waals surface area contributed by atoms with Crippen molar-refractivity contribution >= 4 is 5.91 Å². The van der Waals surface area contributed by atoms with Crippen molar-refractivity contribution in [2.24, 2.45) is 0 Å². The molecule has 0 saturated carbocycles. The lowest BCUT2D eigenvalue weighted by atomic mass is 10.1. The first kappa shape index (κ1) is 14.6. The van der Waals surface area contributed by atoms with Crippen molar-refractivity contribution in [2.75, 3.05) is 7.11 Å². The third kappa shape index (κ3) is 3.40. The van der Waals surface area contributed by atoms with E-state index in [0.717, 1.165) is 11.3 Å². The van der Waals surface area contributed by atoms with Crippen LogP contribution in [0, 0.1) is 11.3 Å². The molecule has 0 heterocycles. The molecule has 1 N–H and O–H groups in total. The molecule has 21 heavy (non-hydrogen) atoms.